The van der Waals surface area contributed by atoms with E-state index < -0.39 is 5.79 Å². The summed E-state index contributed by atoms with van der Waals surface area (Å²) in [5, 5.41) is 10.0. The Morgan fingerprint density at radius 3 is 1.69 bits per heavy atom. The zero-order valence-electron chi connectivity index (χ0n) is 9.56. The SMILES string of the molecule is C=CCOCC(O)(COCC=C)OCC=C. The van der Waals surface area contributed by atoms with E-state index in [9.17, 15) is 5.11 Å². The van der Waals surface area contributed by atoms with Gasteiger partial charge in [0.25, 0.3) is 0 Å². The summed E-state index contributed by atoms with van der Waals surface area (Å²) < 4.78 is 15.5. The van der Waals surface area contributed by atoms with Gasteiger partial charge >= 0.3 is 0 Å². The third-order valence-corrected chi connectivity index (χ3v) is 1.60. The first-order chi connectivity index (χ1) is 7.68. The van der Waals surface area contributed by atoms with Crippen molar-refractivity contribution in [3.63, 3.8) is 0 Å². The van der Waals surface area contributed by atoms with Gasteiger partial charge in [-0.05, 0) is 0 Å². The molecule has 0 saturated carbocycles. The zero-order chi connectivity index (χ0) is 12.3. The van der Waals surface area contributed by atoms with Crippen LogP contribution in [0.25, 0.3) is 0 Å². The van der Waals surface area contributed by atoms with Gasteiger partial charge in [-0.2, -0.15) is 0 Å². The van der Waals surface area contributed by atoms with Crippen LogP contribution in [-0.2, 0) is 14.2 Å². The summed E-state index contributed by atoms with van der Waals surface area (Å²) in [6.07, 6.45) is 4.74. The molecular formula is C12H20O4. The first-order valence-electron chi connectivity index (χ1n) is 5.03. The molecule has 0 heterocycles. The van der Waals surface area contributed by atoms with Crippen LogP contribution in [0.15, 0.2) is 38.0 Å². The lowest BCUT2D eigenvalue weighted by Crippen LogP contribution is -2.42. The summed E-state index contributed by atoms with van der Waals surface area (Å²) in [4.78, 5) is 0. The summed E-state index contributed by atoms with van der Waals surface area (Å²) in [5.41, 5.74) is 0. The summed E-state index contributed by atoms with van der Waals surface area (Å²) >= 11 is 0. The van der Waals surface area contributed by atoms with Crippen molar-refractivity contribution < 1.29 is 19.3 Å². The Bertz CT molecular complexity index is 199. The molecule has 0 aromatic carbocycles. The maximum Gasteiger partial charge on any atom is 0.213 e. The lowest BCUT2D eigenvalue weighted by atomic mass is 10.3. The number of hydrogen-bond donors (Lipinski definition) is 1. The van der Waals surface area contributed by atoms with Crippen LogP contribution in [0.2, 0.25) is 0 Å². The van der Waals surface area contributed by atoms with Gasteiger partial charge in [0, 0.05) is 0 Å². The molecule has 4 nitrogen and oxygen atoms in total. The molecule has 0 aliphatic rings. The highest BCUT2D eigenvalue weighted by atomic mass is 16.7. The molecule has 0 unspecified atom stereocenters. The molecular weight excluding hydrogens is 208 g/mol. The third-order valence-electron chi connectivity index (χ3n) is 1.60. The largest absolute Gasteiger partial charge is 0.372 e. The Hall–Kier alpha value is -0.940. The average molecular weight is 228 g/mol. The third kappa shape index (κ3) is 7.36. The summed E-state index contributed by atoms with van der Waals surface area (Å²) in [5.74, 6) is -1.46. The second-order valence-electron chi connectivity index (χ2n) is 3.15. The summed E-state index contributed by atoms with van der Waals surface area (Å²) in [6.45, 7) is 11.5. The molecule has 0 spiro atoms. The molecule has 0 bridgehead atoms. The highest BCUT2D eigenvalue weighted by Gasteiger charge is 2.28. The van der Waals surface area contributed by atoms with Crippen LogP contribution in [0.5, 0.6) is 0 Å². The number of rotatable bonds is 11. The minimum absolute atomic E-state index is 0.0179. The van der Waals surface area contributed by atoms with E-state index >= 15 is 0 Å². The van der Waals surface area contributed by atoms with Gasteiger partial charge in [-0.3, -0.25) is 0 Å². The van der Waals surface area contributed by atoms with Gasteiger partial charge in [0.05, 0.1) is 19.8 Å². The normalized spacial score (nSPS) is 11.1. The molecule has 0 aliphatic heterocycles. The van der Waals surface area contributed by atoms with Crippen LogP contribution in [0.1, 0.15) is 0 Å². The van der Waals surface area contributed by atoms with Crippen LogP contribution in [0, 0.1) is 0 Å². The van der Waals surface area contributed by atoms with Gasteiger partial charge in [-0.1, -0.05) is 18.2 Å². The highest BCUT2D eigenvalue weighted by molar-refractivity contribution is 4.74. The fourth-order valence-corrected chi connectivity index (χ4v) is 0.943. The van der Waals surface area contributed by atoms with Gasteiger partial charge in [0.15, 0.2) is 0 Å². The second-order valence-corrected chi connectivity index (χ2v) is 3.15. The average Bonchev–Trinajstić information content (AvgIpc) is 2.27. The van der Waals surface area contributed by atoms with Crippen LogP contribution in [0.3, 0.4) is 0 Å². The lowest BCUT2D eigenvalue weighted by Gasteiger charge is -2.27. The van der Waals surface area contributed by atoms with Crippen molar-refractivity contribution in [1.29, 1.82) is 0 Å². The van der Waals surface area contributed by atoms with E-state index in [4.69, 9.17) is 14.2 Å². The molecule has 0 aromatic heterocycles. The van der Waals surface area contributed by atoms with E-state index in [1.54, 1.807) is 18.2 Å². The van der Waals surface area contributed by atoms with Crippen molar-refractivity contribution in [2.75, 3.05) is 33.0 Å². The highest BCUT2D eigenvalue weighted by Crippen LogP contribution is 2.09. The molecule has 0 radical (unpaired) electrons. The predicted molar refractivity (Wildman–Crippen MR) is 63.1 cm³/mol. The number of hydrogen-bond acceptors (Lipinski definition) is 4. The van der Waals surface area contributed by atoms with Crippen LogP contribution >= 0.6 is 0 Å². The minimum Gasteiger partial charge on any atom is -0.372 e. The molecule has 92 valence electrons. The standard InChI is InChI=1S/C12H20O4/c1-4-7-14-10-12(13,16-9-6-3)11-15-8-5-2/h4-6,13H,1-3,7-11H2. The molecule has 0 aromatic rings. The van der Waals surface area contributed by atoms with Crippen molar-refractivity contribution in [3.05, 3.63) is 38.0 Å². The Labute approximate surface area is 96.8 Å². The van der Waals surface area contributed by atoms with Gasteiger partial charge in [-0.25, -0.2) is 0 Å². The van der Waals surface area contributed by atoms with Crippen molar-refractivity contribution in [1.82, 2.24) is 0 Å². The molecule has 0 rings (SSSR count). The quantitative estimate of drug-likeness (QED) is 0.329. The second kappa shape index (κ2) is 9.30. The van der Waals surface area contributed by atoms with Gasteiger partial charge in [-0.15, -0.1) is 19.7 Å². The van der Waals surface area contributed by atoms with Crippen LogP contribution in [0.4, 0.5) is 0 Å². The summed E-state index contributed by atoms with van der Waals surface area (Å²) in [6, 6.07) is 0. The van der Waals surface area contributed by atoms with E-state index in [0.29, 0.717) is 13.2 Å². The van der Waals surface area contributed by atoms with Crippen molar-refractivity contribution in [2.24, 2.45) is 0 Å². The molecule has 0 atom stereocenters. The monoisotopic (exact) mass is 228 g/mol. The maximum absolute atomic E-state index is 10.0. The Kier molecular flexibility index (Phi) is 8.75. The maximum atomic E-state index is 10.0. The van der Waals surface area contributed by atoms with Gasteiger partial charge in [0.2, 0.25) is 5.79 Å². The van der Waals surface area contributed by atoms with E-state index in [1.165, 1.54) is 0 Å². The Morgan fingerprint density at radius 2 is 1.31 bits per heavy atom. The van der Waals surface area contributed by atoms with E-state index in [0.717, 1.165) is 0 Å². The van der Waals surface area contributed by atoms with Crippen molar-refractivity contribution in [3.8, 4) is 0 Å². The Morgan fingerprint density at radius 1 is 0.875 bits per heavy atom. The zero-order valence-corrected chi connectivity index (χ0v) is 9.56. The molecule has 1 N–H and O–H groups in total. The topological polar surface area (TPSA) is 47.9 Å². The summed E-state index contributed by atoms with van der Waals surface area (Å²) in [7, 11) is 0. The molecule has 0 fully saturated rings. The fraction of sp³-hybridized carbons (Fsp3) is 0.500. The van der Waals surface area contributed by atoms with Crippen LogP contribution in [-0.4, -0.2) is 43.9 Å². The van der Waals surface area contributed by atoms with Gasteiger partial charge < -0.3 is 19.3 Å². The lowest BCUT2D eigenvalue weighted by molar-refractivity contribution is -0.248. The molecule has 0 amide bonds. The molecule has 4 heteroatoms. The fourth-order valence-electron chi connectivity index (χ4n) is 0.943. The van der Waals surface area contributed by atoms with Crippen molar-refractivity contribution in [2.45, 2.75) is 5.79 Å². The van der Waals surface area contributed by atoms with E-state index in [1.807, 2.05) is 0 Å². The molecule has 0 saturated heterocycles. The van der Waals surface area contributed by atoms with Gasteiger partial charge in [0.1, 0.15) is 13.2 Å². The number of aliphatic hydroxyl groups is 1. The van der Waals surface area contributed by atoms with E-state index in [2.05, 4.69) is 19.7 Å². The van der Waals surface area contributed by atoms with Crippen LogP contribution < -0.4 is 0 Å². The van der Waals surface area contributed by atoms with Crippen molar-refractivity contribution >= 4 is 0 Å². The minimum atomic E-state index is -1.46. The number of ether oxygens (including phenoxy) is 3. The predicted octanol–water partition coefficient (Wildman–Crippen LogP) is 1.28. The first-order valence-corrected chi connectivity index (χ1v) is 5.03. The molecule has 0 aliphatic carbocycles. The molecule has 16 heavy (non-hydrogen) atoms. The van der Waals surface area contributed by atoms with E-state index in [-0.39, 0.29) is 19.8 Å². The smallest absolute Gasteiger partial charge is 0.213 e. The first kappa shape index (κ1) is 15.1. The Balaban J connectivity index is 4.05.